The predicted octanol–water partition coefficient (Wildman–Crippen LogP) is 1.63. The highest BCUT2D eigenvalue weighted by molar-refractivity contribution is 6.43. The summed E-state index contributed by atoms with van der Waals surface area (Å²) in [5, 5.41) is 0. The lowest BCUT2D eigenvalue weighted by Crippen LogP contribution is -2.40. The molecule has 1 aromatic rings. The number of aromatic nitrogens is 2. The van der Waals surface area contributed by atoms with Crippen molar-refractivity contribution in [1.29, 1.82) is 0 Å². The van der Waals surface area contributed by atoms with Crippen LogP contribution in [0.15, 0.2) is 6.07 Å². The molecule has 0 aliphatic carbocycles. The Morgan fingerprint density at radius 2 is 2.09 bits per heavy atom. The van der Waals surface area contributed by atoms with Crippen LogP contribution in [0.1, 0.15) is 16.2 Å². The van der Waals surface area contributed by atoms with Crippen LogP contribution in [0.4, 0.5) is 0 Å². The van der Waals surface area contributed by atoms with Gasteiger partial charge in [0.25, 0.3) is 0 Å². The molecule has 62 valence electrons. The maximum Gasteiger partial charge on any atom is 0.240 e. The summed E-state index contributed by atoms with van der Waals surface area (Å²) in [5.41, 5.74) is 2.07. The average Bonchev–Trinajstić information content (AvgIpc) is 2.17. The van der Waals surface area contributed by atoms with Gasteiger partial charge in [-0.25, -0.2) is 0 Å². The van der Waals surface area contributed by atoms with Gasteiger partial charge in [0.15, 0.2) is 11.9 Å². The summed E-state index contributed by atoms with van der Waals surface area (Å²) in [5.74, 6) is 0. The van der Waals surface area contributed by atoms with Crippen molar-refractivity contribution in [2.45, 2.75) is 11.8 Å². The standard InChI is InChI=1S/C7H11Cl2N2/c1-5-4-6(7(8)9)11(3)10(5)2/h4,7H,1-3H3/q+1. The smallest absolute Gasteiger partial charge is 0.161 e. The molecule has 1 aromatic heterocycles. The third-order valence-electron chi connectivity index (χ3n) is 1.91. The molecule has 4 heteroatoms. The molecular formula is C7H11Cl2N2+. The minimum absolute atomic E-state index is 0.445. The van der Waals surface area contributed by atoms with Crippen molar-refractivity contribution in [3.8, 4) is 0 Å². The fourth-order valence-corrected chi connectivity index (χ4v) is 1.42. The molecule has 0 saturated heterocycles. The van der Waals surface area contributed by atoms with Crippen molar-refractivity contribution in [1.82, 2.24) is 4.68 Å². The van der Waals surface area contributed by atoms with Gasteiger partial charge in [-0.05, 0) is 6.92 Å². The zero-order chi connectivity index (χ0) is 8.59. The van der Waals surface area contributed by atoms with E-state index in [-0.39, 0.29) is 0 Å². The Balaban J connectivity index is 3.19. The van der Waals surface area contributed by atoms with E-state index in [1.54, 1.807) is 0 Å². The van der Waals surface area contributed by atoms with Crippen LogP contribution in [-0.4, -0.2) is 4.68 Å². The highest BCUT2D eigenvalue weighted by Gasteiger charge is 2.19. The quantitative estimate of drug-likeness (QED) is 0.474. The molecule has 11 heavy (non-hydrogen) atoms. The van der Waals surface area contributed by atoms with Crippen LogP contribution in [-0.2, 0) is 14.1 Å². The van der Waals surface area contributed by atoms with E-state index in [1.807, 2.05) is 36.4 Å². The molecule has 0 saturated carbocycles. The van der Waals surface area contributed by atoms with Crippen molar-refractivity contribution in [2.24, 2.45) is 14.1 Å². The van der Waals surface area contributed by atoms with Crippen LogP contribution in [0.3, 0.4) is 0 Å². The molecule has 1 rings (SSSR count). The Labute approximate surface area is 76.3 Å². The zero-order valence-corrected chi connectivity index (χ0v) is 8.32. The van der Waals surface area contributed by atoms with Crippen molar-refractivity contribution in [3.63, 3.8) is 0 Å². The van der Waals surface area contributed by atoms with E-state index in [9.17, 15) is 0 Å². The fraction of sp³-hybridized carbons (Fsp3) is 0.571. The summed E-state index contributed by atoms with van der Waals surface area (Å²) >= 11 is 11.4. The summed E-state index contributed by atoms with van der Waals surface area (Å²) in [6, 6.07) is 1.98. The summed E-state index contributed by atoms with van der Waals surface area (Å²) in [4.78, 5) is -0.445. The number of alkyl halides is 2. The topological polar surface area (TPSA) is 8.81 Å². The number of hydrogen-bond donors (Lipinski definition) is 0. The Hall–Kier alpha value is -0.210. The van der Waals surface area contributed by atoms with Crippen molar-refractivity contribution < 1.29 is 4.68 Å². The third kappa shape index (κ3) is 1.52. The normalized spacial score (nSPS) is 11.1. The van der Waals surface area contributed by atoms with Gasteiger partial charge >= 0.3 is 0 Å². The molecule has 1 heterocycles. The van der Waals surface area contributed by atoms with Gasteiger partial charge in [-0.15, -0.1) is 4.68 Å². The third-order valence-corrected chi connectivity index (χ3v) is 2.36. The molecule has 0 unspecified atom stereocenters. The van der Waals surface area contributed by atoms with E-state index in [1.165, 1.54) is 0 Å². The van der Waals surface area contributed by atoms with E-state index < -0.39 is 4.84 Å². The largest absolute Gasteiger partial charge is 0.240 e. The first kappa shape index (κ1) is 8.88. The summed E-state index contributed by atoms with van der Waals surface area (Å²) in [7, 11) is 3.90. The number of halogens is 2. The second-order valence-corrected chi connectivity index (χ2v) is 3.65. The van der Waals surface area contributed by atoms with Crippen LogP contribution in [0.2, 0.25) is 0 Å². The minimum Gasteiger partial charge on any atom is -0.161 e. The predicted molar refractivity (Wildman–Crippen MR) is 45.8 cm³/mol. The number of aryl methyl sites for hydroxylation is 1. The lowest BCUT2D eigenvalue weighted by Gasteiger charge is -1.94. The highest BCUT2D eigenvalue weighted by atomic mass is 35.5. The van der Waals surface area contributed by atoms with E-state index in [0.29, 0.717) is 0 Å². The average molecular weight is 194 g/mol. The molecule has 0 amide bonds. The van der Waals surface area contributed by atoms with Crippen molar-refractivity contribution >= 4 is 23.2 Å². The van der Waals surface area contributed by atoms with Crippen molar-refractivity contribution in [3.05, 3.63) is 17.5 Å². The van der Waals surface area contributed by atoms with E-state index in [0.717, 1.165) is 11.4 Å². The van der Waals surface area contributed by atoms with Gasteiger partial charge in [-0.2, -0.15) is 4.68 Å². The molecular weight excluding hydrogens is 183 g/mol. The monoisotopic (exact) mass is 193 g/mol. The number of rotatable bonds is 1. The van der Waals surface area contributed by atoms with Crippen molar-refractivity contribution in [2.75, 3.05) is 0 Å². The summed E-state index contributed by atoms with van der Waals surface area (Å²) < 4.78 is 3.92. The van der Waals surface area contributed by atoms with Crippen LogP contribution in [0.5, 0.6) is 0 Å². The Morgan fingerprint density at radius 1 is 1.55 bits per heavy atom. The van der Waals surface area contributed by atoms with Gasteiger partial charge < -0.3 is 0 Å². The van der Waals surface area contributed by atoms with Crippen LogP contribution in [0.25, 0.3) is 0 Å². The van der Waals surface area contributed by atoms with Gasteiger partial charge in [0.2, 0.25) is 5.69 Å². The number of nitrogens with zero attached hydrogens (tertiary/aromatic N) is 2. The van der Waals surface area contributed by atoms with Crippen LogP contribution in [0, 0.1) is 6.92 Å². The van der Waals surface area contributed by atoms with Gasteiger partial charge in [0.05, 0.1) is 12.7 Å². The molecule has 0 N–H and O–H groups in total. The molecule has 0 bridgehead atoms. The molecule has 0 radical (unpaired) electrons. The lowest BCUT2D eigenvalue weighted by atomic mass is 10.4. The van der Waals surface area contributed by atoms with Gasteiger partial charge in [-0.3, -0.25) is 0 Å². The number of hydrogen-bond acceptors (Lipinski definition) is 0. The second-order valence-electron chi connectivity index (χ2n) is 2.56. The van der Waals surface area contributed by atoms with Gasteiger partial charge in [0, 0.05) is 6.07 Å². The first-order valence-corrected chi connectivity index (χ1v) is 4.22. The van der Waals surface area contributed by atoms with E-state index in [2.05, 4.69) is 0 Å². The molecule has 0 atom stereocenters. The molecule has 0 aliphatic rings. The Morgan fingerprint density at radius 3 is 2.27 bits per heavy atom. The lowest BCUT2D eigenvalue weighted by molar-refractivity contribution is -0.757. The minimum atomic E-state index is -0.445. The highest BCUT2D eigenvalue weighted by Crippen LogP contribution is 2.21. The zero-order valence-electron chi connectivity index (χ0n) is 6.81. The molecule has 2 nitrogen and oxygen atoms in total. The van der Waals surface area contributed by atoms with Crippen LogP contribution >= 0.6 is 23.2 Å². The van der Waals surface area contributed by atoms with Gasteiger partial charge in [0.1, 0.15) is 0 Å². The van der Waals surface area contributed by atoms with Crippen LogP contribution < -0.4 is 4.68 Å². The molecule has 0 fully saturated rings. The Bertz CT molecular complexity index is 266. The first-order valence-electron chi connectivity index (χ1n) is 3.34. The molecule has 0 aromatic carbocycles. The molecule has 0 aliphatic heterocycles. The van der Waals surface area contributed by atoms with E-state index in [4.69, 9.17) is 23.2 Å². The SMILES string of the molecule is Cc1cc(C(Cl)Cl)[n+](C)n1C. The Kier molecular flexibility index (Phi) is 2.45. The first-order chi connectivity index (χ1) is 5.04. The van der Waals surface area contributed by atoms with Gasteiger partial charge in [-0.1, -0.05) is 23.2 Å². The fourth-order valence-electron chi connectivity index (χ4n) is 1.01. The van der Waals surface area contributed by atoms with E-state index >= 15 is 0 Å². The molecule has 0 spiro atoms. The second kappa shape index (κ2) is 3.03. The maximum absolute atomic E-state index is 5.72. The summed E-state index contributed by atoms with van der Waals surface area (Å²) in [6.07, 6.45) is 0. The summed E-state index contributed by atoms with van der Waals surface area (Å²) in [6.45, 7) is 2.01. The maximum atomic E-state index is 5.72.